The molecule has 0 heterocycles. The van der Waals surface area contributed by atoms with E-state index in [1.807, 2.05) is 30.3 Å². The second-order valence-electron chi connectivity index (χ2n) is 2.27. The quantitative estimate of drug-likeness (QED) is 0.490. The van der Waals surface area contributed by atoms with Crippen LogP contribution in [0.2, 0.25) is 0 Å². The number of benzene rings is 1. The molecular formula is C10H9O2. The van der Waals surface area contributed by atoms with Crippen molar-refractivity contribution in [3.8, 4) is 0 Å². The third-order valence-corrected chi connectivity index (χ3v) is 1.23. The number of rotatable bonds is 2. The maximum Gasteiger partial charge on any atom is 0.308 e. The van der Waals surface area contributed by atoms with Gasteiger partial charge < -0.3 is 4.74 Å². The average molecular weight is 161 g/mol. The van der Waals surface area contributed by atoms with Crippen molar-refractivity contribution in [2.45, 2.75) is 6.92 Å². The Bertz CT molecular complexity index is 275. The van der Waals surface area contributed by atoms with Gasteiger partial charge in [0, 0.05) is 6.92 Å². The molecule has 0 saturated heterocycles. The fraction of sp³-hybridized carbons (Fsp3) is 0.100. The fourth-order valence-corrected chi connectivity index (χ4v) is 0.730. The molecular weight excluding hydrogens is 152 g/mol. The van der Waals surface area contributed by atoms with Gasteiger partial charge in [-0.3, -0.25) is 4.79 Å². The van der Waals surface area contributed by atoms with Crippen LogP contribution >= 0.6 is 0 Å². The van der Waals surface area contributed by atoms with Gasteiger partial charge in [0.2, 0.25) is 0 Å². The summed E-state index contributed by atoms with van der Waals surface area (Å²) in [6, 6.07) is 9.53. The van der Waals surface area contributed by atoms with Crippen LogP contribution in [0, 0.1) is 6.26 Å². The molecule has 0 N–H and O–H groups in total. The van der Waals surface area contributed by atoms with Crippen LogP contribution in [0.1, 0.15) is 12.5 Å². The first-order valence-corrected chi connectivity index (χ1v) is 3.60. The van der Waals surface area contributed by atoms with E-state index in [4.69, 9.17) is 0 Å². The van der Waals surface area contributed by atoms with Crippen LogP contribution in [0.4, 0.5) is 0 Å². The zero-order valence-electron chi connectivity index (χ0n) is 6.78. The molecule has 0 amide bonds. The van der Waals surface area contributed by atoms with E-state index in [9.17, 15) is 4.79 Å². The molecule has 0 spiro atoms. The highest BCUT2D eigenvalue weighted by atomic mass is 16.5. The first kappa shape index (κ1) is 8.53. The molecule has 0 aromatic heterocycles. The van der Waals surface area contributed by atoms with Crippen molar-refractivity contribution in [2.24, 2.45) is 0 Å². The SMILES string of the molecule is CC(=O)O/[C]=C/c1ccccc1. The van der Waals surface area contributed by atoms with Crippen molar-refractivity contribution >= 4 is 12.0 Å². The Labute approximate surface area is 71.5 Å². The van der Waals surface area contributed by atoms with Gasteiger partial charge in [0.1, 0.15) is 0 Å². The highest BCUT2D eigenvalue weighted by Gasteiger charge is 1.87. The third kappa shape index (κ3) is 3.01. The van der Waals surface area contributed by atoms with E-state index in [-0.39, 0.29) is 5.97 Å². The molecule has 0 aliphatic carbocycles. The van der Waals surface area contributed by atoms with Crippen LogP contribution in [-0.4, -0.2) is 5.97 Å². The lowest BCUT2D eigenvalue weighted by atomic mass is 10.2. The summed E-state index contributed by atoms with van der Waals surface area (Å²) in [6.07, 6.45) is 4.04. The predicted octanol–water partition coefficient (Wildman–Crippen LogP) is 2.02. The van der Waals surface area contributed by atoms with E-state index in [1.165, 1.54) is 6.92 Å². The maximum absolute atomic E-state index is 10.3. The Morgan fingerprint density at radius 3 is 2.67 bits per heavy atom. The molecule has 61 valence electrons. The minimum Gasteiger partial charge on any atom is -0.423 e. The Balaban J connectivity index is 2.52. The number of esters is 1. The summed E-state index contributed by atoms with van der Waals surface area (Å²) in [5.74, 6) is -0.359. The Hall–Kier alpha value is -1.57. The molecule has 12 heavy (non-hydrogen) atoms. The molecule has 2 nitrogen and oxygen atoms in total. The predicted molar refractivity (Wildman–Crippen MR) is 45.9 cm³/mol. The van der Waals surface area contributed by atoms with Crippen LogP contribution in [0.5, 0.6) is 0 Å². The van der Waals surface area contributed by atoms with Crippen molar-refractivity contribution < 1.29 is 9.53 Å². The maximum atomic E-state index is 10.3. The monoisotopic (exact) mass is 161 g/mol. The molecule has 0 aliphatic heterocycles. The number of carbonyl (C=O) groups is 1. The van der Waals surface area contributed by atoms with Gasteiger partial charge in [-0.1, -0.05) is 30.3 Å². The molecule has 0 aliphatic rings. The van der Waals surface area contributed by atoms with Gasteiger partial charge in [-0.15, -0.1) is 0 Å². The normalized spacial score (nSPS) is 10.1. The van der Waals surface area contributed by atoms with E-state index < -0.39 is 0 Å². The van der Waals surface area contributed by atoms with E-state index in [0.29, 0.717) is 0 Å². The summed E-state index contributed by atoms with van der Waals surface area (Å²) in [5, 5.41) is 0. The fourth-order valence-electron chi connectivity index (χ4n) is 0.730. The molecule has 0 atom stereocenters. The second kappa shape index (κ2) is 4.34. The summed E-state index contributed by atoms with van der Waals surface area (Å²) in [7, 11) is 0. The van der Waals surface area contributed by atoms with E-state index in [2.05, 4.69) is 11.0 Å². The van der Waals surface area contributed by atoms with Crippen LogP contribution in [-0.2, 0) is 9.53 Å². The molecule has 0 saturated carbocycles. The number of hydrogen-bond donors (Lipinski definition) is 0. The van der Waals surface area contributed by atoms with Crippen molar-refractivity contribution in [3.05, 3.63) is 42.2 Å². The van der Waals surface area contributed by atoms with Crippen LogP contribution < -0.4 is 0 Å². The smallest absolute Gasteiger partial charge is 0.308 e. The lowest BCUT2D eigenvalue weighted by molar-refractivity contribution is -0.136. The summed E-state index contributed by atoms with van der Waals surface area (Å²) in [4.78, 5) is 10.3. The molecule has 1 aromatic rings. The summed E-state index contributed by atoms with van der Waals surface area (Å²) in [5.41, 5.74) is 0.957. The Kier molecular flexibility index (Phi) is 3.08. The Morgan fingerprint density at radius 2 is 2.08 bits per heavy atom. The second-order valence-corrected chi connectivity index (χ2v) is 2.27. The zero-order chi connectivity index (χ0) is 8.81. The molecule has 0 bridgehead atoms. The van der Waals surface area contributed by atoms with Crippen LogP contribution in [0.3, 0.4) is 0 Å². The topological polar surface area (TPSA) is 26.3 Å². The molecule has 2 heteroatoms. The van der Waals surface area contributed by atoms with E-state index in [0.717, 1.165) is 5.56 Å². The molecule has 0 fully saturated rings. The average Bonchev–Trinajstić information content (AvgIpc) is 2.05. The van der Waals surface area contributed by atoms with Gasteiger partial charge >= 0.3 is 5.97 Å². The van der Waals surface area contributed by atoms with Crippen LogP contribution in [0.25, 0.3) is 6.08 Å². The summed E-state index contributed by atoms with van der Waals surface area (Å²) < 4.78 is 4.50. The van der Waals surface area contributed by atoms with Crippen molar-refractivity contribution in [1.29, 1.82) is 0 Å². The number of hydrogen-bond acceptors (Lipinski definition) is 2. The van der Waals surface area contributed by atoms with Gasteiger partial charge in [0.05, 0.1) is 0 Å². The molecule has 1 radical (unpaired) electrons. The van der Waals surface area contributed by atoms with Gasteiger partial charge in [0.15, 0.2) is 6.26 Å². The first-order valence-electron chi connectivity index (χ1n) is 3.60. The highest BCUT2D eigenvalue weighted by molar-refractivity contribution is 5.66. The van der Waals surface area contributed by atoms with Gasteiger partial charge in [-0.05, 0) is 11.6 Å². The molecule has 1 rings (SSSR count). The third-order valence-electron chi connectivity index (χ3n) is 1.23. The summed E-state index contributed by atoms with van der Waals surface area (Å²) in [6.45, 7) is 1.34. The minimum absolute atomic E-state index is 0.359. The van der Waals surface area contributed by atoms with Crippen molar-refractivity contribution in [3.63, 3.8) is 0 Å². The van der Waals surface area contributed by atoms with Crippen molar-refractivity contribution in [1.82, 2.24) is 0 Å². The van der Waals surface area contributed by atoms with Crippen molar-refractivity contribution in [2.75, 3.05) is 0 Å². The molecule has 0 unspecified atom stereocenters. The van der Waals surface area contributed by atoms with E-state index >= 15 is 0 Å². The molecule has 1 aromatic carbocycles. The zero-order valence-corrected chi connectivity index (χ0v) is 6.78. The van der Waals surface area contributed by atoms with Crippen LogP contribution in [0.15, 0.2) is 30.3 Å². The lowest BCUT2D eigenvalue weighted by Crippen LogP contribution is -1.89. The van der Waals surface area contributed by atoms with Gasteiger partial charge in [-0.25, -0.2) is 0 Å². The first-order chi connectivity index (χ1) is 5.79. The van der Waals surface area contributed by atoms with E-state index in [1.54, 1.807) is 6.08 Å². The van der Waals surface area contributed by atoms with Gasteiger partial charge in [-0.2, -0.15) is 0 Å². The number of ether oxygens (including phenoxy) is 1. The number of carbonyl (C=O) groups excluding carboxylic acids is 1. The Morgan fingerprint density at radius 1 is 1.42 bits per heavy atom. The lowest BCUT2D eigenvalue weighted by Gasteiger charge is -1.90. The largest absolute Gasteiger partial charge is 0.423 e. The highest BCUT2D eigenvalue weighted by Crippen LogP contribution is 2.00. The van der Waals surface area contributed by atoms with Gasteiger partial charge in [0.25, 0.3) is 0 Å². The summed E-state index contributed by atoms with van der Waals surface area (Å²) >= 11 is 0. The minimum atomic E-state index is -0.359. The standard InChI is InChI=1S/C10H9O2/c1-9(11)12-8-7-10-5-3-2-4-6-10/h2-7H,1H3.